The Morgan fingerprint density at radius 1 is 1.04 bits per heavy atom. The smallest absolute Gasteiger partial charge is 0.207 e. The Hall–Kier alpha value is -2.17. The van der Waals surface area contributed by atoms with Crippen LogP contribution >= 0.6 is 0 Å². The van der Waals surface area contributed by atoms with Gasteiger partial charge in [0.15, 0.2) is 0 Å². The van der Waals surface area contributed by atoms with E-state index in [1.165, 1.54) is 0 Å². The van der Waals surface area contributed by atoms with Crippen molar-refractivity contribution in [2.45, 2.75) is 37.6 Å². The van der Waals surface area contributed by atoms with Gasteiger partial charge in [-0.15, -0.1) is 0 Å². The second-order valence-corrected chi connectivity index (χ2v) is 7.51. The summed E-state index contributed by atoms with van der Waals surface area (Å²) in [7, 11) is -3.58. The molecule has 0 spiro atoms. The van der Waals surface area contributed by atoms with Crippen LogP contribution in [0, 0.1) is 0 Å². The molecule has 0 fully saturated rings. The van der Waals surface area contributed by atoms with Crippen molar-refractivity contribution in [2.24, 2.45) is 0 Å². The predicted octanol–water partition coefficient (Wildman–Crippen LogP) is 4.79. The van der Waals surface area contributed by atoms with Gasteiger partial charge in [0.25, 0.3) is 0 Å². The number of sulfonamides is 1. The molecule has 1 N–H and O–H groups in total. The van der Waals surface area contributed by atoms with Gasteiger partial charge in [-0.25, -0.2) is 13.1 Å². The zero-order chi connectivity index (χ0) is 18.1. The molecule has 0 bridgehead atoms. The van der Waals surface area contributed by atoms with E-state index in [4.69, 9.17) is 0 Å². The van der Waals surface area contributed by atoms with Crippen molar-refractivity contribution in [1.82, 2.24) is 4.72 Å². The number of benzene rings is 2. The standard InChI is InChI=1S/C21H25NO2S/c1-3-11-19(4-2)21(17-16-18-12-7-5-8-13-18)22-25(23,24)20-14-9-6-10-15-20/h4-10,12-17,21-22H,3,11H2,1-2H3/b17-16+,19-4+. The van der Waals surface area contributed by atoms with Gasteiger partial charge >= 0.3 is 0 Å². The van der Waals surface area contributed by atoms with Crippen LogP contribution in [0.1, 0.15) is 32.3 Å². The van der Waals surface area contributed by atoms with Gasteiger partial charge in [0, 0.05) is 0 Å². The molecule has 0 amide bonds. The largest absolute Gasteiger partial charge is 0.241 e. The summed E-state index contributed by atoms with van der Waals surface area (Å²) in [4.78, 5) is 0.278. The minimum absolute atomic E-state index is 0.278. The van der Waals surface area contributed by atoms with E-state index in [9.17, 15) is 8.42 Å². The number of rotatable bonds is 8. The van der Waals surface area contributed by atoms with Crippen LogP contribution in [0.3, 0.4) is 0 Å². The van der Waals surface area contributed by atoms with Gasteiger partial charge in [0.1, 0.15) is 0 Å². The average molecular weight is 356 g/mol. The summed E-state index contributed by atoms with van der Waals surface area (Å²) in [6, 6.07) is 18.0. The SMILES string of the molecule is C/C=C(\CCC)C(/C=C/c1ccccc1)NS(=O)(=O)c1ccccc1. The van der Waals surface area contributed by atoms with E-state index in [1.54, 1.807) is 30.3 Å². The molecular weight excluding hydrogens is 330 g/mol. The van der Waals surface area contributed by atoms with Gasteiger partial charge in [-0.2, -0.15) is 0 Å². The first-order chi connectivity index (χ1) is 12.1. The molecule has 2 aromatic rings. The van der Waals surface area contributed by atoms with E-state index in [0.29, 0.717) is 0 Å². The normalized spacial score (nSPS) is 13.9. The maximum atomic E-state index is 12.7. The van der Waals surface area contributed by atoms with Gasteiger partial charge in [-0.05, 0) is 31.0 Å². The first kappa shape index (κ1) is 19.2. The molecule has 0 aliphatic carbocycles. The van der Waals surface area contributed by atoms with E-state index in [-0.39, 0.29) is 10.9 Å². The fraction of sp³-hybridized carbons (Fsp3) is 0.238. The first-order valence-corrected chi connectivity index (χ1v) is 10.0. The molecule has 3 nitrogen and oxygen atoms in total. The van der Waals surface area contributed by atoms with Crippen LogP contribution in [-0.2, 0) is 10.0 Å². The number of hydrogen-bond donors (Lipinski definition) is 1. The summed E-state index contributed by atoms with van der Waals surface area (Å²) >= 11 is 0. The van der Waals surface area contributed by atoms with Crippen LogP contribution in [0.5, 0.6) is 0 Å². The molecular formula is C21H25NO2S. The van der Waals surface area contributed by atoms with Crippen molar-refractivity contribution in [2.75, 3.05) is 0 Å². The van der Waals surface area contributed by atoms with E-state index in [0.717, 1.165) is 24.0 Å². The van der Waals surface area contributed by atoms with Crippen molar-refractivity contribution in [3.8, 4) is 0 Å². The molecule has 2 aromatic carbocycles. The third-order valence-corrected chi connectivity index (χ3v) is 5.38. The Kier molecular flexibility index (Phi) is 7.16. The fourth-order valence-corrected chi connectivity index (χ4v) is 3.83. The van der Waals surface area contributed by atoms with Gasteiger partial charge < -0.3 is 0 Å². The highest BCUT2D eigenvalue weighted by Crippen LogP contribution is 2.17. The average Bonchev–Trinajstić information content (AvgIpc) is 2.65. The third kappa shape index (κ3) is 5.69. The van der Waals surface area contributed by atoms with Crippen LogP contribution in [0.25, 0.3) is 6.08 Å². The minimum Gasteiger partial charge on any atom is -0.207 e. The number of hydrogen-bond acceptors (Lipinski definition) is 2. The van der Waals surface area contributed by atoms with Gasteiger partial charge in [0.05, 0.1) is 10.9 Å². The molecule has 132 valence electrons. The number of allylic oxidation sites excluding steroid dienone is 1. The summed E-state index contributed by atoms with van der Waals surface area (Å²) < 4.78 is 28.2. The van der Waals surface area contributed by atoms with Crippen LogP contribution in [0.2, 0.25) is 0 Å². The van der Waals surface area contributed by atoms with Crippen molar-refractivity contribution in [1.29, 1.82) is 0 Å². The van der Waals surface area contributed by atoms with E-state index in [2.05, 4.69) is 11.6 Å². The molecule has 0 aliphatic rings. The van der Waals surface area contributed by atoms with Gasteiger partial charge in [-0.1, -0.05) is 85.7 Å². The fourth-order valence-electron chi connectivity index (χ4n) is 2.61. The summed E-state index contributed by atoms with van der Waals surface area (Å²) in [5, 5.41) is 0. The van der Waals surface area contributed by atoms with Crippen molar-refractivity contribution in [3.05, 3.63) is 84.0 Å². The highest BCUT2D eigenvalue weighted by Gasteiger charge is 2.20. The Bertz CT molecular complexity index is 809. The summed E-state index contributed by atoms with van der Waals surface area (Å²) in [5.41, 5.74) is 2.10. The predicted molar refractivity (Wildman–Crippen MR) is 105 cm³/mol. The highest BCUT2D eigenvalue weighted by atomic mass is 32.2. The maximum Gasteiger partial charge on any atom is 0.241 e. The Morgan fingerprint density at radius 3 is 2.20 bits per heavy atom. The zero-order valence-corrected chi connectivity index (χ0v) is 15.5. The Labute approximate surface area is 151 Å². The van der Waals surface area contributed by atoms with Crippen LogP contribution in [0.4, 0.5) is 0 Å². The molecule has 1 unspecified atom stereocenters. The molecule has 0 saturated heterocycles. The molecule has 0 saturated carbocycles. The van der Waals surface area contributed by atoms with Crippen molar-refractivity contribution in [3.63, 3.8) is 0 Å². The van der Waals surface area contributed by atoms with E-state index < -0.39 is 10.0 Å². The molecule has 0 radical (unpaired) electrons. The van der Waals surface area contributed by atoms with Crippen LogP contribution < -0.4 is 4.72 Å². The van der Waals surface area contributed by atoms with Gasteiger partial charge in [0.2, 0.25) is 10.0 Å². The van der Waals surface area contributed by atoms with Gasteiger partial charge in [-0.3, -0.25) is 0 Å². The quantitative estimate of drug-likeness (QED) is 0.692. The first-order valence-electron chi connectivity index (χ1n) is 8.52. The topological polar surface area (TPSA) is 46.2 Å². The maximum absolute atomic E-state index is 12.7. The zero-order valence-electron chi connectivity index (χ0n) is 14.7. The molecule has 4 heteroatoms. The highest BCUT2D eigenvalue weighted by molar-refractivity contribution is 7.89. The van der Waals surface area contributed by atoms with E-state index >= 15 is 0 Å². The third-order valence-electron chi connectivity index (χ3n) is 3.93. The lowest BCUT2D eigenvalue weighted by Crippen LogP contribution is -2.35. The molecule has 1 atom stereocenters. The Balaban J connectivity index is 2.30. The molecule has 0 heterocycles. The lowest BCUT2D eigenvalue weighted by Gasteiger charge is -2.19. The number of nitrogens with one attached hydrogen (secondary N) is 1. The van der Waals surface area contributed by atoms with Crippen LogP contribution in [-0.4, -0.2) is 14.5 Å². The molecule has 0 aliphatic heterocycles. The molecule has 2 rings (SSSR count). The minimum atomic E-state index is -3.58. The molecule has 0 aromatic heterocycles. The summed E-state index contributed by atoms with van der Waals surface area (Å²) in [6.45, 7) is 4.04. The van der Waals surface area contributed by atoms with Crippen molar-refractivity contribution >= 4 is 16.1 Å². The monoisotopic (exact) mass is 355 g/mol. The second kappa shape index (κ2) is 9.35. The molecule has 25 heavy (non-hydrogen) atoms. The second-order valence-electron chi connectivity index (χ2n) is 5.80. The lowest BCUT2D eigenvalue weighted by molar-refractivity contribution is 0.576. The van der Waals surface area contributed by atoms with Crippen LogP contribution in [0.15, 0.2) is 83.3 Å². The van der Waals surface area contributed by atoms with E-state index in [1.807, 2.05) is 55.5 Å². The Morgan fingerprint density at radius 2 is 1.64 bits per heavy atom. The lowest BCUT2D eigenvalue weighted by atomic mass is 10.0. The summed E-state index contributed by atoms with van der Waals surface area (Å²) in [5.74, 6) is 0. The van der Waals surface area contributed by atoms with Crippen molar-refractivity contribution < 1.29 is 8.42 Å². The summed E-state index contributed by atoms with van der Waals surface area (Å²) in [6.07, 6.45) is 7.68.